The van der Waals surface area contributed by atoms with Gasteiger partial charge in [0, 0.05) is 5.02 Å². The van der Waals surface area contributed by atoms with Gasteiger partial charge in [-0.05, 0) is 54.1 Å². The first kappa shape index (κ1) is 22.9. The summed E-state index contributed by atoms with van der Waals surface area (Å²) in [6.45, 7) is 0. The third kappa shape index (κ3) is 5.03. The van der Waals surface area contributed by atoms with Gasteiger partial charge in [-0.3, -0.25) is 0 Å². The van der Waals surface area contributed by atoms with E-state index in [1.807, 2.05) is 0 Å². The Hall–Kier alpha value is -3.32. The minimum Gasteiger partial charge on any atom is -0.493 e. The number of cyclic esters (lactones) is 1. The zero-order valence-electron chi connectivity index (χ0n) is 17.0. The van der Waals surface area contributed by atoms with Crippen molar-refractivity contribution in [2.24, 2.45) is 4.99 Å². The molecule has 33 heavy (non-hydrogen) atoms. The molecule has 3 aromatic carbocycles. The van der Waals surface area contributed by atoms with Crippen molar-refractivity contribution in [2.75, 3.05) is 7.11 Å². The second-order valence-electron chi connectivity index (χ2n) is 6.74. The number of rotatable bonds is 5. The second-order valence-corrected chi connectivity index (χ2v) is 7.99. The number of benzene rings is 3. The summed E-state index contributed by atoms with van der Waals surface area (Å²) in [4.78, 5) is 29.0. The summed E-state index contributed by atoms with van der Waals surface area (Å²) < 4.78 is 16.0. The summed E-state index contributed by atoms with van der Waals surface area (Å²) in [6.07, 6.45) is 1.52. The summed E-state index contributed by atoms with van der Waals surface area (Å²) >= 11 is 18.1. The number of esters is 2. The van der Waals surface area contributed by atoms with Crippen molar-refractivity contribution in [3.8, 4) is 11.5 Å². The summed E-state index contributed by atoms with van der Waals surface area (Å²) in [7, 11) is 1.43. The molecule has 1 heterocycles. The average Bonchev–Trinajstić information content (AvgIpc) is 3.14. The lowest BCUT2D eigenvalue weighted by Gasteiger charge is -2.11. The fourth-order valence-electron chi connectivity index (χ4n) is 2.99. The predicted octanol–water partition coefficient (Wildman–Crippen LogP) is 6.22. The molecule has 0 N–H and O–H groups in total. The molecule has 3 aromatic rings. The average molecular weight is 503 g/mol. The van der Waals surface area contributed by atoms with Gasteiger partial charge in [-0.2, -0.15) is 0 Å². The molecule has 0 atom stereocenters. The van der Waals surface area contributed by atoms with Crippen LogP contribution in [-0.2, 0) is 9.53 Å². The minimum absolute atomic E-state index is 0.0877. The van der Waals surface area contributed by atoms with E-state index in [1.165, 1.54) is 37.5 Å². The number of carbonyl (C=O) groups excluding carboxylic acids is 2. The first-order valence-electron chi connectivity index (χ1n) is 9.48. The SMILES string of the molecule is COc1cc(/C=C2\N=C(c3ccccc3Cl)OC2=O)ccc1OC(=O)c1ccc(Cl)cc1Cl. The van der Waals surface area contributed by atoms with Gasteiger partial charge in [0.1, 0.15) is 0 Å². The lowest BCUT2D eigenvalue weighted by atomic mass is 10.1. The first-order valence-corrected chi connectivity index (χ1v) is 10.6. The molecule has 0 fully saturated rings. The number of carbonyl (C=O) groups is 2. The molecule has 6 nitrogen and oxygen atoms in total. The van der Waals surface area contributed by atoms with E-state index in [9.17, 15) is 9.59 Å². The summed E-state index contributed by atoms with van der Waals surface area (Å²) in [6, 6.07) is 16.1. The van der Waals surface area contributed by atoms with E-state index >= 15 is 0 Å². The number of ether oxygens (including phenoxy) is 3. The van der Waals surface area contributed by atoms with Crippen LogP contribution in [0.3, 0.4) is 0 Å². The molecule has 0 saturated heterocycles. The highest BCUT2D eigenvalue weighted by Gasteiger charge is 2.25. The Kier molecular flexibility index (Phi) is 6.70. The summed E-state index contributed by atoms with van der Waals surface area (Å²) in [5.74, 6) is -0.727. The Bertz CT molecular complexity index is 1330. The highest BCUT2D eigenvalue weighted by Crippen LogP contribution is 2.32. The smallest absolute Gasteiger partial charge is 0.363 e. The minimum atomic E-state index is -0.672. The molecule has 166 valence electrons. The van der Waals surface area contributed by atoms with Crippen LogP contribution >= 0.6 is 34.8 Å². The van der Waals surface area contributed by atoms with E-state index in [1.54, 1.807) is 36.4 Å². The number of nitrogens with zero attached hydrogens (tertiary/aromatic N) is 1. The van der Waals surface area contributed by atoms with Gasteiger partial charge >= 0.3 is 11.9 Å². The normalized spacial score (nSPS) is 14.1. The molecule has 1 aliphatic heterocycles. The van der Waals surface area contributed by atoms with Crippen LogP contribution < -0.4 is 9.47 Å². The first-order chi connectivity index (χ1) is 15.9. The molecular weight excluding hydrogens is 489 g/mol. The predicted molar refractivity (Wildman–Crippen MR) is 126 cm³/mol. The van der Waals surface area contributed by atoms with Gasteiger partial charge < -0.3 is 14.2 Å². The van der Waals surface area contributed by atoms with Crippen molar-refractivity contribution < 1.29 is 23.8 Å². The zero-order chi connectivity index (χ0) is 23.5. The van der Waals surface area contributed by atoms with E-state index in [2.05, 4.69) is 4.99 Å². The van der Waals surface area contributed by atoms with Crippen LogP contribution in [0.2, 0.25) is 15.1 Å². The van der Waals surface area contributed by atoms with Crippen LogP contribution in [0.15, 0.2) is 71.4 Å². The van der Waals surface area contributed by atoms with Crippen molar-refractivity contribution in [1.29, 1.82) is 0 Å². The number of hydrogen-bond donors (Lipinski definition) is 0. The topological polar surface area (TPSA) is 74.2 Å². The zero-order valence-corrected chi connectivity index (χ0v) is 19.2. The van der Waals surface area contributed by atoms with E-state index in [0.29, 0.717) is 21.2 Å². The Balaban J connectivity index is 1.59. The van der Waals surface area contributed by atoms with Crippen LogP contribution in [0.1, 0.15) is 21.5 Å². The van der Waals surface area contributed by atoms with Crippen molar-refractivity contribution in [1.82, 2.24) is 0 Å². The van der Waals surface area contributed by atoms with Crippen LogP contribution in [0.25, 0.3) is 6.08 Å². The molecule has 9 heteroatoms. The number of methoxy groups -OCH3 is 1. The molecule has 0 aliphatic carbocycles. The van der Waals surface area contributed by atoms with Crippen LogP contribution in [-0.4, -0.2) is 24.9 Å². The second kappa shape index (κ2) is 9.67. The largest absolute Gasteiger partial charge is 0.493 e. The van der Waals surface area contributed by atoms with Gasteiger partial charge in [0.15, 0.2) is 17.2 Å². The third-order valence-electron chi connectivity index (χ3n) is 4.57. The van der Waals surface area contributed by atoms with E-state index in [0.717, 1.165) is 0 Å². The maximum Gasteiger partial charge on any atom is 0.363 e. The van der Waals surface area contributed by atoms with E-state index in [4.69, 9.17) is 49.0 Å². The van der Waals surface area contributed by atoms with Crippen molar-refractivity contribution in [2.45, 2.75) is 0 Å². The highest BCUT2D eigenvalue weighted by atomic mass is 35.5. The molecule has 0 aromatic heterocycles. The Morgan fingerprint density at radius 3 is 2.48 bits per heavy atom. The quantitative estimate of drug-likeness (QED) is 0.235. The molecule has 4 rings (SSSR count). The summed E-state index contributed by atoms with van der Waals surface area (Å²) in [5.41, 5.74) is 1.33. The van der Waals surface area contributed by atoms with Gasteiger partial charge in [-0.15, -0.1) is 0 Å². The third-order valence-corrected chi connectivity index (χ3v) is 5.45. The van der Waals surface area contributed by atoms with Crippen molar-refractivity contribution in [3.63, 3.8) is 0 Å². The van der Waals surface area contributed by atoms with E-state index < -0.39 is 11.9 Å². The van der Waals surface area contributed by atoms with Gasteiger partial charge in [-0.25, -0.2) is 14.6 Å². The lowest BCUT2D eigenvalue weighted by Crippen LogP contribution is -2.10. The molecule has 0 radical (unpaired) electrons. The van der Waals surface area contributed by atoms with Gasteiger partial charge in [0.2, 0.25) is 5.90 Å². The van der Waals surface area contributed by atoms with Crippen LogP contribution in [0, 0.1) is 0 Å². The van der Waals surface area contributed by atoms with Gasteiger partial charge in [0.25, 0.3) is 0 Å². The Morgan fingerprint density at radius 1 is 0.970 bits per heavy atom. The molecule has 0 saturated carbocycles. The van der Waals surface area contributed by atoms with E-state index in [-0.39, 0.29) is 33.7 Å². The molecule has 0 amide bonds. The molecule has 0 bridgehead atoms. The molecule has 0 spiro atoms. The van der Waals surface area contributed by atoms with Crippen molar-refractivity contribution >= 4 is 58.7 Å². The number of halogens is 3. The molecule has 0 unspecified atom stereocenters. The van der Waals surface area contributed by atoms with Crippen molar-refractivity contribution in [3.05, 3.63) is 98.1 Å². The molecule has 1 aliphatic rings. The molecular formula is C24H14Cl3NO5. The Morgan fingerprint density at radius 2 is 1.76 bits per heavy atom. The monoisotopic (exact) mass is 501 g/mol. The number of aliphatic imine (C=N–C) groups is 1. The standard InChI is InChI=1S/C24H14Cl3NO5/c1-31-21-11-13(6-9-20(21)32-23(29)16-8-7-14(25)12-18(16)27)10-19-24(30)33-22(28-19)15-4-2-3-5-17(15)26/h2-12H,1H3/b19-10-. The summed E-state index contributed by atoms with van der Waals surface area (Å²) in [5, 5.41) is 0.982. The van der Waals surface area contributed by atoms with Gasteiger partial charge in [-0.1, -0.05) is 53.0 Å². The fourth-order valence-corrected chi connectivity index (χ4v) is 3.69. The van der Waals surface area contributed by atoms with Crippen LogP contribution in [0.4, 0.5) is 0 Å². The highest BCUT2D eigenvalue weighted by molar-refractivity contribution is 6.36. The lowest BCUT2D eigenvalue weighted by molar-refractivity contribution is -0.129. The maximum absolute atomic E-state index is 12.5. The van der Waals surface area contributed by atoms with Crippen LogP contribution in [0.5, 0.6) is 11.5 Å². The maximum atomic E-state index is 12.5. The Labute approximate surface area is 204 Å². The number of hydrogen-bond acceptors (Lipinski definition) is 6. The fraction of sp³-hybridized carbons (Fsp3) is 0.0417. The van der Waals surface area contributed by atoms with Gasteiger partial charge in [0.05, 0.1) is 28.3 Å².